The minimum Gasteiger partial charge on any atom is -0.492 e. The van der Waals surface area contributed by atoms with Gasteiger partial charge in [0.25, 0.3) is 0 Å². The lowest BCUT2D eigenvalue weighted by Crippen LogP contribution is -2.38. The Morgan fingerprint density at radius 3 is 2.85 bits per heavy atom. The first kappa shape index (κ1) is 21.5. The Morgan fingerprint density at radius 2 is 2.07 bits per heavy atom. The summed E-state index contributed by atoms with van der Waals surface area (Å²) >= 11 is 0. The van der Waals surface area contributed by atoms with Crippen LogP contribution in [0.3, 0.4) is 0 Å². The minimum atomic E-state index is 0.694. The molecule has 7 heteroatoms. The molecule has 0 unspecified atom stereocenters. The van der Waals surface area contributed by atoms with Crippen molar-refractivity contribution in [3.63, 3.8) is 0 Å². The van der Waals surface area contributed by atoms with E-state index in [0.717, 1.165) is 76.3 Å². The number of rotatable bonds is 11. The van der Waals surface area contributed by atoms with Crippen LogP contribution in [0.1, 0.15) is 18.9 Å². The topological polar surface area (TPSA) is 67.3 Å². The van der Waals surface area contributed by atoms with E-state index < -0.39 is 0 Å². The van der Waals surface area contributed by atoms with Gasteiger partial charge in [-0.3, -0.25) is 9.89 Å². The maximum atomic E-state index is 5.91. The number of hydrogen-bond donors (Lipinski definition) is 2. The summed E-state index contributed by atoms with van der Waals surface area (Å²) in [6, 6.07) is 8.20. The summed E-state index contributed by atoms with van der Waals surface area (Å²) in [6.07, 6.45) is 0.959. The summed E-state index contributed by atoms with van der Waals surface area (Å²) in [5.41, 5.74) is 1.16. The van der Waals surface area contributed by atoms with Crippen LogP contribution in [0.5, 0.6) is 5.75 Å². The van der Waals surface area contributed by atoms with Crippen molar-refractivity contribution in [2.75, 3.05) is 66.3 Å². The van der Waals surface area contributed by atoms with Crippen LogP contribution in [0.4, 0.5) is 0 Å². The van der Waals surface area contributed by atoms with Gasteiger partial charge in [-0.1, -0.05) is 12.1 Å². The van der Waals surface area contributed by atoms with Crippen molar-refractivity contribution in [1.29, 1.82) is 0 Å². The molecule has 0 radical (unpaired) electrons. The highest BCUT2D eigenvalue weighted by Crippen LogP contribution is 2.13. The number of ether oxygens (including phenoxy) is 3. The predicted octanol–water partition coefficient (Wildman–Crippen LogP) is 1.49. The molecule has 0 saturated carbocycles. The quantitative estimate of drug-likeness (QED) is 0.345. The third kappa shape index (κ3) is 9.08. The van der Waals surface area contributed by atoms with E-state index in [2.05, 4.69) is 32.7 Å². The lowest BCUT2D eigenvalue weighted by molar-refractivity contribution is 0.0322. The van der Waals surface area contributed by atoms with E-state index >= 15 is 0 Å². The van der Waals surface area contributed by atoms with Gasteiger partial charge in [0, 0.05) is 53.0 Å². The molecule has 152 valence electrons. The first-order chi connectivity index (χ1) is 13.3. The Hall–Kier alpha value is -1.83. The molecule has 7 nitrogen and oxygen atoms in total. The average molecular weight is 379 g/mol. The summed E-state index contributed by atoms with van der Waals surface area (Å²) in [5.74, 6) is 1.70. The second kappa shape index (κ2) is 13.4. The molecule has 1 aromatic carbocycles. The van der Waals surface area contributed by atoms with E-state index in [0.29, 0.717) is 13.2 Å². The van der Waals surface area contributed by atoms with E-state index in [1.165, 1.54) is 0 Å². The molecule has 0 aliphatic carbocycles. The van der Waals surface area contributed by atoms with Crippen LogP contribution >= 0.6 is 0 Å². The third-order valence-corrected chi connectivity index (χ3v) is 4.32. The number of hydrogen-bond acceptors (Lipinski definition) is 5. The fourth-order valence-corrected chi connectivity index (χ4v) is 2.79. The number of benzene rings is 1. The smallest absolute Gasteiger partial charge is 0.191 e. The predicted molar refractivity (Wildman–Crippen MR) is 109 cm³/mol. The standard InChI is InChI=1S/C20H34N4O3/c1-3-25-12-5-8-22-20(21-2)23-17-18-6-4-7-19(16-18)27-15-11-24-9-13-26-14-10-24/h4,6-7,16H,3,5,8-15,17H2,1-2H3,(H2,21,22,23). The van der Waals surface area contributed by atoms with Crippen molar-refractivity contribution in [2.24, 2.45) is 4.99 Å². The van der Waals surface area contributed by atoms with Crippen molar-refractivity contribution >= 4 is 5.96 Å². The number of nitrogens with zero attached hydrogens (tertiary/aromatic N) is 2. The van der Waals surface area contributed by atoms with Gasteiger partial charge in [0.05, 0.1) is 13.2 Å². The number of aliphatic imine (C=N–C) groups is 1. The van der Waals surface area contributed by atoms with Gasteiger partial charge in [-0.15, -0.1) is 0 Å². The van der Waals surface area contributed by atoms with Crippen LogP contribution in [0.25, 0.3) is 0 Å². The van der Waals surface area contributed by atoms with Gasteiger partial charge in [-0.05, 0) is 31.0 Å². The lowest BCUT2D eigenvalue weighted by atomic mass is 10.2. The molecule has 2 rings (SSSR count). The first-order valence-corrected chi connectivity index (χ1v) is 9.86. The van der Waals surface area contributed by atoms with Crippen molar-refractivity contribution in [2.45, 2.75) is 19.9 Å². The van der Waals surface area contributed by atoms with Crippen LogP contribution in [0.15, 0.2) is 29.3 Å². The van der Waals surface area contributed by atoms with Crippen molar-refractivity contribution in [1.82, 2.24) is 15.5 Å². The molecular weight excluding hydrogens is 344 g/mol. The Kier molecular flexibility index (Phi) is 10.6. The molecule has 1 saturated heterocycles. The summed E-state index contributed by atoms with van der Waals surface area (Å²) in [4.78, 5) is 6.62. The van der Waals surface area contributed by atoms with E-state index in [1.54, 1.807) is 7.05 Å². The highest BCUT2D eigenvalue weighted by atomic mass is 16.5. The van der Waals surface area contributed by atoms with E-state index in [1.807, 2.05) is 19.1 Å². The fraction of sp³-hybridized carbons (Fsp3) is 0.650. The van der Waals surface area contributed by atoms with Gasteiger partial charge < -0.3 is 24.8 Å². The molecule has 1 heterocycles. The highest BCUT2D eigenvalue weighted by Gasteiger charge is 2.09. The third-order valence-electron chi connectivity index (χ3n) is 4.32. The van der Waals surface area contributed by atoms with Gasteiger partial charge in [0.1, 0.15) is 12.4 Å². The number of nitrogens with one attached hydrogen (secondary N) is 2. The van der Waals surface area contributed by atoms with Crippen LogP contribution in [0, 0.1) is 0 Å². The van der Waals surface area contributed by atoms with Gasteiger partial charge in [0.2, 0.25) is 0 Å². The van der Waals surface area contributed by atoms with Crippen LogP contribution < -0.4 is 15.4 Å². The average Bonchev–Trinajstić information content (AvgIpc) is 2.71. The molecule has 0 spiro atoms. The molecule has 27 heavy (non-hydrogen) atoms. The second-order valence-electron chi connectivity index (χ2n) is 6.35. The van der Waals surface area contributed by atoms with Crippen LogP contribution in [-0.2, 0) is 16.0 Å². The van der Waals surface area contributed by atoms with Gasteiger partial charge >= 0.3 is 0 Å². The molecule has 0 aromatic heterocycles. The lowest BCUT2D eigenvalue weighted by Gasteiger charge is -2.26. The molecule has 1 aliphatic rings. The zero-order valence-corrected chi connectivity index (χ0v) is 16.7. The zero-order chi connectivity index (χ0) is 19.2. The van der Waals surface area contributed by atoms with Crippen LogP contribution in [0.2, 0.25) is 0 Å². The minimum absolute atomic E-state index is 0.694. The SMILES string of the molecule is CCOCCCNC(=NC)NCc1cccc(OCCN2CCOCC2)c1. The Balaban J connectivity index is 1.67. The maximum Gasteiger partial charge on any atom is 0.191 e. The molecule has 0 amide bonds. The number of morpholine rings is 1. The fourth-order valence-electron chi connectivity index (χ4n) is 2.79. The van der Waals surface area contributed by atoms with Gasteiger partial charge in [0.15, 0.2) is 5.96 Å². The highest BCUT2D eigenvalue weighted by molar-refractivity contribution is 5.79. The molecular formula is C20H34N4O3. The monoisotopic (exact) mass is 378 g/mol. The summed E-state index contributed by atoms with van der Waals surface area (Å²) in [7, 11) is 1.78. The molecule has 2 N–H and O–H groups in total. The van der Waals surface area contributed by atoms with Crippen molar-refractivity contribution in [3.8, 4) is 5.75 Å². The molecule has 0 bridgehead atoms. The number of guanidine groups is 1. The van der Waals surface area contributed by atoms with Crippen molar-refractivity contribution < 1.29 is 14.2 Å². The van der Waals surface area contributed by atoms with Gasteiger partial charge in [-0.25, -0.2) is 0 Å². The Bertz CT molecular complexity index is 548. The molecule has 1 aliphatic heterocycles. The van der Waals surface area contributed by atoms with E-state index in [4.69, 9.17) is 14.2 Å². The summed E-state index contributed by atoms with van der Waals surface area (Å²) < 4.78 is 16.6. The largest absolute Gasteiger partial charge is 0.492 e. The molecule has 1 aromatic rings. The molecule has 1 fully saturated rings. The van der Waals surface area contributed by atoms with E-state index in [-0.39, 0.29) is 0 Å². The maximum absolute atomic E-state index is 5.91. The van der Waals surface area contributed by atoms with E-state index in [9.17, 15) is 0 Å². The Morgan fingerprint density at radius 1 is 1.22 bits per heavy atom. The summed E-state index contributed by atoms with van der Waals surface area (Å²) in [6.45, 7) is 10.3. The van der Waals surface area contributed by atoms with Gasteiger partial charge in [-0.2, -0.15) is 0 Å². The summed E-state index contributed by atoms with van der Waals surface area (Å²) in [5, 5.41) is 6.63. The second-order valence-corrected chi connectivity index (χ2v) is 6.35. The zero-order valence-electron chi connectivity index (χ0n) is 16.7. The normalized spacial score (nSPS) is 15.6. The van der Waals surface area contributed by atoms with Crippen LogP contribution in [-0.4, -0.2) is 77.1 Å². The molecule has 0 atom stereocenters. The first-order valence-electron chi connectivity index (χ1n) is 9.86. The van der Waals surface area contributed by atoms with Crippen molar-refractivity contribution in [3.05, 3.63) is 29.8 Å². The Labute approximate surface area is 163 Å².